The molecule has 108 valence electrons. The molecule has 2 unspecified atom stereocenters. The summed E-state index contributed by atoms with van der Waals surface area (Å²) in [6.45, 7) is 0.644. The fraction of sp³-hybridized carbons (Fsp3) is 0.846. The van der Waals surface area contributed by atoms with Gasteiger partial charge in [-0.25, -0.2) is 9.69 Å². The topological polar surface area (TPSA) is 65.1 Å². The van der Waals surface area contributed by atoms with Crippen LogP contribution in [0.2, 0.25) is 0 Å². The van der Waals surface area contributed by atoms with Crippen molar-refractivity contribution in [2.45, 2.75) is 32.0 Å². The number of cyclic esters (lactones) is 1. The molecule has 0 aromatic carbocycles. The SMILES string of the molecule is COC(OC)C1CCCCC1C(=O)N1CCOC1=O. The van der Waals surface area contributed by atoms with Gasteiger partial charge < -0.3 is 14.2 Å². The number of ether oxygens (including phenoxy) is 3. The summed E-state index contributed by atoms with van der Waals surface area (Å²) in [6.07, 6.45) is 2.79. The van der Waals surface area contributed by atoms with Gasteiger partial charge in [-0.1, -0.05) is 12.8 Å². The van der Waals surface area contributed by atoms with Crippen molar-refractivity contribution in [3.63, 3.8) is 0 Å². The van der Waals surface area contributed by atoms with Crippen molar-refractivity contribution in [3.8, 4) is 0 Å². The minimum Gasteiger partial charge on any atom is -0.447 e. The van der Waals surface area contributed by atoms with Gasteiger partial charge in [-0.05, 0) is 12.8 Å². The molecule has 2 aliphatic rings. The van der Waals surface area contributed by atoms with Crippen LogP contribution in [-0.4, -0.2) is 50.6 Å². The summed E-state index contributed by atoms with van der Waals surface area (Å²) in [5.74, 6) is -0.361. The summed E-state index contributed by atoms with van der Waals surface area (Å²) >= 11 is 0. The predicted octanol–water partition coefficient (Wildman–Crippen LogP) is 1.39. The standard InChI is InChI=1S/C13H21NO5/c1-17-12(18-2)10-6-4-3-5-9(10)11(15)14-7-8-19-13(14)16/h9-10,12H,3-8H2,1-2H3. The second-order valence-corrected chi connectivity index (χ2v) is 5.00. The van der Waals surface area contributed by atoms with E-state index in [-0.39, 0.29) is 17.7 Å². The number of nitrogens with zero attached hydrogens (tertiary/aromatic N) is 1. The van der Waals surface area contributed by atoms with Crippen LogP contribution in [0.4, 0.5) is 4.79 Å². The first-order chi connectivity index (χ1) is 9.19. The Morgan fingerprint density at radius 2 is 2.00 bits per heavy atom. The van der Waals surface area contributed by atoms with E-state index in [1.54, 1.807) is 14.2 Å². The van der Waals surface area contributed by atoms with E-state index in [1.807, 2.05) is 0 Å². The van der Waals surface area contributed by atoms with Gasteiger partial charge in [0, 0.05) is 26.1 Å². The maximum absolute atomic E-state index is 12.5. The maximum atomic E-state index is 12.5. The molecule has 2 fully saturated rings. The van der Waals surface area contributed by atoms with Gasteiger partial charge >= 0.3 is 6.09 Å². The number of hydrogen-bond acceptors (Lipinski definition) is 5. The van der Waals surface area contributed by atoms with Gasteiger partial charge in [0.1, 0.15) is 6.61 Å². The highest BCUT2D eigenvalue weighted by atomic mass is 16.7. The van der Waals surface area contributed by atoms with E-state index in [1.165, 1.54) is 4.90 Å². The predicted molar refractivity (Wildman–Crippen MR) is 66.3 cm³/mol. The van der Waals surface area contributed by atoms with Crippen molar-refractivity contribution >= 4 is 12.0 Å². The van der Waals surface area contributed by atoms with Crippen LogP contribution in [0, 0.1) is 11.8 Å². The molecule has 1 aliphatic carbocycles. The van der Waals surface area contributed by atoms with Gasteiger partial charge in [0.25, 0.3) is 0 Å². The van der Waals surface area contributed by atoms with Gasteiger partial charge in [-0.3, -0.25) is 4.79 Å². The Balaban J connectivity index is 2.10. The zero-order valence-corrected chi connectivity index (χ0v) is 11.5. The van der Waals surface area contributed by atoms with Gasteiger partial charge in [0.05, 0.1) is 6.54 Å². The summed E-state index contributed by atoms with van der Waals surface area (Å²) < 4.78 is 15.4. The molecule has 0 spiro atoms. The van der Waals surface area contributed by atoms with Crippen molar-refractivity contribution in [3.05, 3.63) is 0 Å². The Morgan fingerprint density at radius 1 is 1.32 bits per heavy atom. The average molecular weight is 271 g/mol. The Hall–Kier alpha value is -1.14. The van der Waals surface area contributed by atoms with Crippen LogP contribution >= 0.6 is 0 Å². The summed E-state index contributed by atoms with van der Waals surface area (Å²) in [5, 5.41) is 0. The molecule has 19 heavy (non-hydrogen) atoms. The monoisotopic (exact) mass is 271 g/mol. The first-order valence-electron chi connectivity index (χ1n) is 6.72. The molecule has 2 atom stereocenters. The van der Waals surface area contributed by atoms with E-state index in [0.717, 1.165) is 25.7 Å². The van der Waals surface area contributed by atoms with E-state index in [0.29, 0.717) is 13.2 Å². The molecule has 0 bridgehead atoms. The van der Waals surface area contributed by atoms with Crippen molar-refractivity contribution in [2.24, 2.45) is 11.8 Å². The molecule has 6 nitrogen and oxygen atoms in total. The Morgan fingerprint density at radius 3 is 2.58 bits per heavy atom. The first kappa shape index (κ1) is 14.3. The van der Waals surface area contributed by atoms with Crippen LogP contribution in [0.15, 0.2) is 0 Å². The third kappa shape index (κ3) is 2.90. The maximum Gasteiger partial charge on any atom is 0.416 e. The van der Waals surface area contributed by atoms with E-state index >= 15 is 0 Å². The lowest BCUT2D eigenvalue weighted by atomic mass is 9.78. The number of rotatable bonds is 4. The van der Waals surface area contributed by atoms with E-state index in [9.17, 15) is 9.59 Å². The van der Waals surface area contributed by atoms with Crippen LogP contribution in [0.1, 0.15) is 25.7 Å². The van der Waals surface area contributed by atoms with E-state index in [4.69, 9.17) is 14.2 Å². The summed E-state index contributed by atoms with van der Waals surface area (Å²) in [5.41, 5.74) is 0. The minimum absolute atomic E-state index is 0.00431. The van der Waals surface area contributed by atoms with Gasteiger partial charge in [-0.2, -0.15) is 0 Å². The largest absolute Gasteiger partial charge is 0.447 e. The molecule has 1 saturated carbocycles. The van der Waals surface area contributed by atoms with Crippen LogP contribution in [0.5, 0.6) is 0 Å². The quantitative estimate of drug-likeness (QED) is 0.723. The van der Waals surface area contributed by atoms with Crippen LogP contribution in [-0.2, 0) is 19.0 Å². The number of carbonyl (C=O) groups is 2. The zero-order valence-electron chi connectivity index (χ0n) is 11.5. The molecule has 0 aromatic rings. The number of hydrogen-bond donors (Lipinski definition) is 0. The molecule has 0 aromatic heterocycles. The summed E-state index contributed by atoms with van der Waals surface area (Å²) in [7, 11) is 3.16. The number of imide groups is 1. The molecule has 1 aliphatic heterocycles. The molecule has 1 heterocycles. The van der Waals surface area contributed by atoms with Crippen molar-refractivity contribution in [2.75, 3.05) is 27.4 Å². The highest BCUT2D eigenvalue weighted by molar-refractivity contribution is 5.94. The fourth-order valence-electron chi connectivity index (χ4n) is 3.03. The summed E-state index contributed by atoms with van der Waals surface area (Å²) in [4.78, 5) is 25.2. The van der Waals surface area contributed by atoms with Crippen LogP contribution < -0.4 is 0 Å². The highest BCUT2D eigenvalue weighted by Gasteiger charge is 2.41. The van der Waals surface area contributed by atoms with E-state index < -0.39 is 12.4 Å². The van der Waals surface area contributed by atoms with Crippen molar-refractivity contribution in [1.29, 1.82) is 0 Å². The van der Waals surface area contributed by atoms with Crippen molar-refractivity contribution in [1.82, 2.24) is 4.90 Å². The summed E-state index contributed by atoms with van der Waals surface area (Å²) in [6, 6.07) is 0. The average Bonchev–Trinajstić information content (AvgIpc) is 2.86. The van der Waals surface area contributed by atoms with Gasteiger partial charge in [0.2, 0.25) is 5.91 Å². The lowest BCUT2D eigenvalue weighted by Gasteiger charge is -2.35. The molecular weight excluding hydrogens is 250 g/mol. The minimum atomic E-state index is -0.527. The molecular formula is C13H21NO5. The molecule has 0 radical (unpaired) electrons. The highest BCUT2D eigenvalue weighted by Crippen LogP contribution is 2.35. The zero-order chi connectivity index (χ0) is 13.8. The first-order valence-corrected chi connectivity index (χ1v) is 6.72. The van der Waals surface area contributed by atoms with Gasteiger partial charge in [0.15, 0.2) is 6.29 Å². The van der Waals surface area contributed by atoms with Gasteiger partial charge in [-0.15, -0.1) is 0 Å². The second kappa shape index (κ2) is 6.34. The van der Waals surface area contributed by atoms with Crippen LogP contribution in [0.25, 0.3) is 0 Å². The third-order valence-corrected chi connectivity index (χ3v) is 3.98. The van der Waals surface area contributed by atoms with Crippen LogP contribution in [0.3, 0.4) is 0 Å². The number of carbonyl (C=O) groups excluding carboxylic acids is 2. The van der Waals surface area contributed by atoms with Crippen molar-refractivity contribution < 1.29 is 23.8 Å². The molecule has 0 N–H and O–H groups in total. The number of amides is 2. The lowest BCUT2D eigenvalue weighted by Crippen LogP contribution is -2.44. The smallest absolute Gasteiger partial charge is 0.416 e. The fourth-order valence-corrected chi connectivity index (χ4v) is 3.03. The Kier molecular flexibility index (Phi) is 4.76. The Labute approximate surface area is 113 Å². The lowest BCUT2D eigenvalue weighted by molar-refractivity contribution is -0.167. The Bertz CT molecular complexity index is 342. The van der Waals surface area contributed by atoms with E-state index in [2.05, 4.69) is 0 Å². The molecule has 6 heteroatoms. The normalized spacial score (nSPS) is 27.7. The molecule has 2 rings (SSSR count). The third-order valence-electron chi connectivity index (χ3n) is 3.98. The molecule has 1 saturated heterocycles. The second-order valence-electron chi connectivity index (χ2n) is 5.00. The molecule has 2 amide bonds. The number of methoxy groups -OCH3 is 2.